The first-order valence-corrected chi connectivity index (χ1v) is 5.82. The van der Waals surface area contributed by atoms with Crippen LogP contribution in [-0.4, -0.2) is 17.0 Å². The Balaban J connectivity index is 2.43. The highest BCUT2D eigenvalue weighted by atomic mass is 35.5. The molecule has 0 radical (unpaired) electrons. The van der Waals surface area contributed by atoms with Crippen molar-refractivity contribution < 1.29 is 0 Å². The van der Waals surface area contributed by atoms with E-state index in [4.69, 9.17) is 23.2 Å². The van der Waals surface area contributed by atoms with E-state index in [0.717, 1.165) is 5.69 Å². The normalized spacial score (nSPS) is 10.4. The summed E-state index contributed by atoms with van der Waals surface area (Å²) in [5.74, 6) is 0.595. The van der Waals surface area contributed by atoms with Crippen LogP contribution in [0, 0.1) is 6.92 Å². The quantitative estimate of drug-likeness (QED) is 0.774. The van der Waals surface area contributed by atoms with Crippen LogP contribution in [-0.2, 0) is 0 Å². The Morgan fingerprint density at radius 3 is 2.71 bits per heavy atom. The minimum Gasteiger partial charge on any atom is -0.328 e. The van der Waals surface area contributed by atoms with Gasteiger partial charge in [0.25, 0.3) is 0 Å². The van der Waals surface area contributed by atoms with Crippen molar-refractivity contribution in [2.75, 3.05) is 11.9 Å². The topological polar surface area (TPSA) is 29.0 Å². The first-order chi connectivity index (χ1) is 8.08. The Bertz CT molecular complexity index is 543. The number of hydrogen-bond donors (Lipinski definition) is 0. The van der Waals surface area contributed by atoms with Crippen LogP contribution in [0.4, 0.5) is 11.5 Å². The summed E-state index contributed by atoms with van der Waals surface area (Å²) >= 11 is 11.8. The number of halogens is 2. The highest BCUT2D eigenvalue weighted by Crippen LogP contribution is 2.29. The van der Waals surface area contributed by atoms with Crippen molar-refractivity contribution in [2.45, 2.75) is 6.92 Å². The van der Waals surface area contributed by atoms with Crippen LogP contribution in [0.25, 0.3) is 0 Å². The van der Waals surface area contributed by atoms with Crippen LogP contribution >= 0.6 is 23.2 Å². The summed E-state index contributed by atoms with van der Waals surface area (Å²) in [6.45, 7) is 2.03. The molecular formula is C12H11Cl2N3. The second-order valence-electron chi connectivity index (χ2n) is 3.71. The zero-order valence-corrected chi connectivity index (χ0v) is 11.0. The lowest BCUT2D eigenvalue weighted by Crippen LogP contribution is -2.12. The van der Waals surface area contributed by atoms with Gasteiger partial charge in [-0.25, -0.2) is 4.98 Å². The summed E-state index contributed by atoms with van der Waals surface area (Å²) in [4.78, 5) is 9.83. The van der Waals surface area contributed by atoms with Crippen molar-refractivity contribution >= 4 is 34.7 Å². The van der Waals surface area contributed by atoms with Gasteiger partial charge in [-0.05, 0) is 36.2 Å². The van der Waals surface area contributed by atoms with E-state index in [2.05, 4.69) is 9.97 Å². The van der Waals surface area contributed by atoms with Crippen LogP contribution in [0.5, 0.6) is 0 Å². The predicted molar refractivity (Wildman–Crippen MR) is 71.3 cm³/mol. The van der Waals surface area contributed by atoms with Gasteiger partial charge < -0.3 is 4.90 Å². The fourth-order valence-corrected chi connectivity index (χ4v) is 1.88. The average Bonchev–Trinajstić information content (AvgIpc) is 2.31. The predicted octanol–water partition coefficient (Wildman–Crippen LogP) is 3.86. The fraction of sp³-hybridized carbons (Fsp3) is 0.167. The van der Waals surface area contributed by atoms with Gasteiger partial charge in [0.1, 0.15) is 5.02 Å². The SMILES string of the molecule is Cc1cccc(N(C)c2nc(Cl)ncc2Cl)c1. The van der Waals surface area contributed by atoms with Gasteiger partial charge in [0.05, 0.1) is 6.20 Å². The number of benzene rings is 1. The number of rotatable bonds is 2. The highest BCUT2D eigenvalue weighted by molar-refractivity contribution is 6.33. The molecule has 0 N–H and O–H groups in total. The van der Waals surface area contributed by atoms with Gasteiger partial charge in [0.2, 0.25) is 5.28 Å². The first-order valence-electron chi connectivity index (χ1n) is 5.06. The molecule has 0 saturated heterocycles. The van der Waals surface area contributed by atoms with E-state index in [1.807, 2.05) is 43.1 Å². The van der Waals surface area contributed by atoms with Gasteiger partial charge >= 0.3 is 0 Å². The number of anilines is 2. The van der Waals surface area contributed by atoms with Crippen molar-refractivity contribution in [3.05, 3.63) is 46.3 Å². The van der Waals surface area contributed by atoms with Gasteiger partial charge in [0, 0.05) is 12.7 Å². The second kappa shape index (κ2) is 4.90. The van der Waals surface area contributed by atoms with E-state index in [1.54, 1.807) is 0 Å². The lowest BCUT2D eigenvalue weighted by Gasteiger charge is -2.19. The van der Waals surface area contributed by atoms with Crippen molar-refractivity contribution in [3.8, 4) is 0 Å². The van der Waals surface area contributed by atoms with Gasteiger partial charge in [-0.1, -0.05) is 23.7 Å². The number of aryl methyl sites for hydroxylation is 1. The maximum atomic E-state index is 6.06. The Morgan fingerprint density at radius 2 is 2.00 bits per heavy atom. The Kier molecular flexibility index (Phi) is 3.50. The maximum Gasteiger partial charge on any atom is 0.224 e. The third-order valence-corrected chi connectivity index (χ3v) is 2.85. The summed E-state index contributed by atoms with van der Waals surface area (Å²) in [6, 6.07) is 8.05. The summed E-state index contributed by atoms with van der Waals surface area (Å²) in [5.41, 5.74) is 2.17. The first kappa shape index (κ1) is 12.1. The molecule has 0 aliphatic carbocycles. The van der Waals surface area contributed by atoms with Gasteiger partial charge in [-0.15, -0.1) is 0 Å². The molecule has 1 aromatic carbocycles. The summed E-state index contributed by atoms with van der Waals surface area (Å²) < 4.78 is 0. The van der Waals surface area contributed by atoms with Gasteiger partial charge in [0.15, 0.2) is 5.82 Å². The zero-order chi connectivity index (χ0) is 12.4. The van der Waals surface area contributed by atoms with E-state index in [9.17, 15) is 0 Å². The molecule has 0 spiro atoms. The molecular weight excluding hydrogens is 257 g/mol. The molecule has 0 saturated carbocycles. The van der Waals surface area contributed by atoms with Crippen LogP contribution in [0.15, 0.2) is 30.5 Å². The third-order valence-electron chi connectivity index (χ3n) is 2.40. The van der Waals surface area contributed by atoms with E-state index in [-0.39, 0.29) is 5.28 Å². The second-order valence-corrected chi connectivity index (χ2v) is 4.45. The molecule has 2 aromatic rings. The van der Waals surface area contributed by atoms with Crippen molar-refractivity contribution in [2.24, 2.45) is 0 Å². The van der Waals surface area contributed by atoms with Gasteiger partial charge in [-0.2, -0.15) is 4.98 Å². The molecule has 0 aliphatic heterocycles. The van der Waals surface area contributed by atoms with Crippen LogP contribution in [0.2, 0.25) is 10.3 Å². The molecule has 88 valence electrons. The van der Waals surface area contributed by atoms with E-state index >= 15 is 0 Å². The van der Waals surface area contributed by atoms with Gasteiger partial charge in [-0.3, -0.25) is 0 Å². The average molecular weight is 268 g/mol. The van der Waals surface area contributed by atoms with Crippen molar-refractivity contribution in [3.63, 3.8) is 0 Å². The Hall–Kier alpha value is -1.32. The van der Waals surface area contributed by atoms with Crippen LogP contribution < -0.4 is 4.90 Å². The number of nitrogens with zero attached hydrogens (tertiary/aromatic N) is 3. The summed E-state index contributed by atoms with van der Waals surface area (Å²) in [6.07, 6.45) is 1.50. The fourth-order valence-electron chi connectivity index (χ4n) is 1.53. The zero-order valence-electron chi connectivity index (χ0n) is 9.48. The molecule has 0 amide bonds. The van der Waals surface area contributed by atoms with Crippen molar-refractivity contribution in [1.29, 1.82) is 0 Å². The molecule has 2 rings (SSSR count). The lowest BCUT2D eigenvalue weighted by molar-refractivity contribution is 1.08. The molecule has 0 atom stereocenters. The lowest BCUT2D eigenvalue weighted by atomic mass is 10.2. The molecule has 1 aromatic heterocycles. The van der Waals surface area contributed by atoms with Crippen LogP contribution in [0.3, 0.4) is 0 Å². The minimum absolute atomic E-state index is 0.184. The third kappa shape index (κ3) is 2.68. The minimum atomic E-state index is 0.184. The Labute approximate surface area is 110 Å². The molecule has 0 aliphatic rings. The number of hydrogen-bond acceptors (Lipinski definition) is 3. The summed E-state index contributed by atoms with van der Waals surface area (Å²) in [5, 5.41) is 0.655. The van der Waals surface area contributed by atoms with Crippen LogP contribution in [0.1, 0.15) is 5.56 Å². The molecule has 0 fully saturated rings. The largest absolute Gasteiger partial charge is 0.328 e. The monoisotopic (exact) mass is 267 g/mol. The van der Waals surface area contributed by atoms with E-state index in [1.165, 1.54) is 11.8 Å². The van der Waals surface area contributed by atoms with E-state index in [0.29, 0.717) is 10.8 Å². The molecule has 5 heteroatoms. The molecule has 0 unspecified atom stereocenters. The standard InChI is InChI=1S/C12H11Cl2N3/c1-8-4-3-5-9(6-8)17(2)11-10(13)7-15-12(14)16-11/h3-7H,1-2H3. The molecule has 1 heterocycles. The summed E-state index contributed by atoms with van der Waals surface area (Å²) in [7, 11) is 1.89. The smallest absolute Gasteiger partial charge is 0.224 e. The molecule has 3 nitrogen and oxygen atoms in total. The van der Waals surface area contributed by atoms with Crippen molar-refractivity contribution in [1.82, 2.24) is 9.97 Å². The maximum absolute atomic E-state index is 6.06. The highest BCUT2D eigenvalue weighted by Gasteiger charge is 2.11. The number of aromatic nitrogens is 2. The van der Waals surface area contributed by atoms with E-state index < -0.39 is 0 Å². The Morgan fingerprint density at radius 1 is 1.24 bits per heavy atom. The molecule has 0 bridgehead atoms. The molecule has 17 heavy (non-hydrogen) atoms.